The van der Waals surface area contributed by atoms with Gasteiger partial charge in [0.15, 0.2) is 0 Å². The molecule has 1 rings (SSSR count). The van der Waals surface area contributed by atoms with Crippen molar-refractivity contribution in [2.75, 3.05) is 6.54 Å². The van der Waals surface area contributed by atoms with Crippen molar-refractivity contribution in [3.05, 3.63) is 0 Å². The number of carboxylic acids is 1. The zero-order valence-corrected chi connectivity index (χ0v) is 11.6. The van der Waals surface area contributed by atoms with Crippen molar-refractivity contribution in [1.82, 2.24) is 5.32 Å². The Morgan fingerprint density at radius 2 is 1.74 bits per heavy atom. The van der Waals surface area contributed by atoms with Crippen LogP contribution in [0.1, 0.15) is 46.5 Å². The zero-order chi connectivity index (χ0) is 14.9. The summed E-state index contributed by atoms with van der Waals surface area (Å²) in [6.07, 6.45) is -2.61. The first-order valence-electron chi connectivity index (χ1n) is 6.51. The van der Waals surface area contributed by atoms with E-state index in [1.807, 2.05) is 0 Å². The van der Waals surface area contributed by atoms with Gasteiger partial charge in [-0.15, -0.1) is 0 Å². The van der Waals surface area contributed by atoms with E-state index in [0.717, 1.165) is 0 Å². The lowest BCUT2D eigenvalue weighted by Gasteiger charge is -2.42. The third-order valence-corrected chi connectivity index (χ3v) is 4.10. The second kappa shape index (κ2) is 5.31. The molecule has 112 valence electrons. The molecule has 0 aromatic rings. The highest BCUT2D eigenvalue weighted by Crippen LogP contribution is 2.41. The van der Waals surface area contributed by atoms with Gasteiger partial charge in [0.2, 0.25) is 0 Å². The summed E-state index contributed by atoms with van der Waals surface area (Å²) in [7, 11) is 0. The molecule has 1 fully saturated rings. The predicted octanol–water partition coefficient (Wildman–Crippen LogP) is 3.20. The van der Waals surface area contributed by atoms with Crippen LogP contribution in [-0.4, -0.2) is 29.3 Å². The summed E-state index contributed by atoms with van der Waals surface area (Å²) in [5.41, 5.74) is -1.36. The summed E-state index contributed by atoms with van der Waals surface area (Å²) >= 11 is 0. The van der Waals surface area contributed by atoms with E-state index in [2.05, 4.69) is 26.1 Å². The first-order valence-corrected chi connectivity index (χ1v) is 6.51. The molecule has 0 amide bonds. The number of hydrogen-bond acceptors (Lipinski definition) is 2. The molecular formula is C13H22F3NO2. The summed E-state index contributed by atoms with van der Waals surface area (Å²) in [4.78, 5) is 11.3. The Labute approximate surface area is 111 Å². The number of hydrogen-bond donors (Lipinski definition) is 2. The van der Waals surface area contributed by atoms with E-state index in [4.69, 9.17) is 0 Å². The molecule has 1 aliphatic rings. The number of rotatable bonds is 3. The van der Waals surface area contributed by atoms with Crippen LogP contribution in [0.25, 0.3) is 0 Å². The van der Waals surface area contributed by atoms with Crippen molar-refractivity contribution in [2.24, 2.45) is 11.3 Å². The highest BCUT2D eigenvalue weighted by atomic mass is 19.4. The molecule has 0 heterocycles. The molecule has 0 unspecified atom stereocenters. The minimum Gasteiger partial charge on any atom is -0.480 e. The van der Waals surface area contributed by atoms with Crippen molar-refractivity contribution in [2.45, 2.75) is 58.2 Å². The summed E-state index contributed by atoms with van der Waals surface area (Å²) in [6.45, 7) is 4.98. The molecule has 0 bridgehead atoms. The molecule has 19 heavy (non-hydrogen) atoms. The Bertz CT molecular complexity index is 326. The Morgan fingerprint density at radius 1 is 1.26 bits per heavy atom. The molecule has 2 N–H and O–H groups in total. The maximum absolute atomic E-state index is 12.3. The van der Waals surface area contributed by atoms with Crippen molar-refractivity contribution in [3.8, 4) is 0 Å². The number of halogens is 3. The fourth-order valence-electron chi connectivity index (χ4n) is 2.71. The minimum atomic E-state index is -4.39. The van der Waals surface area contributed by atoms with Gasteiger partial charge in [-0.2, -0.15) is 13.2 Å². The summed E-state index contributed by atoms with van der Waals surface area (Å²) in [5, 5.41) is 11.5. The quantitative estimate of drug-likeness (QED) is 0.835. The molecular weight excluding hydrogens is 259 g/mol. The van der Waals surface area contributed by atoms with Crippen LogP contribution in [0.4, 0.5) is 13.2 Å². The van der Waals surface area contributed by atoms with Crippen LogP contribution in [0.3, 0.4) is 0 Å². The minimum absolute atomic E-state index is 0.0642. The number of carbonyl (C=O) groups is 1. The van der Waals surface area contributed by atoms with Gasteiger partial charge in [-0.05, 0) is 37.0 Å². The van der Waals surface area contributed by atoms with E-state index >= 15 is 0 Å². The molecule has 0 atom stereocenters. The average molecular weight is 281 g/mol. The van der Waals surface area contributed by atoms with Gasteiger partial charge in [0, 0.05) is 0 Å². The van der Waals surface area contributed by atoms with Crippen LogP contribution in [0.2, 0.25) is 0 Å². The third-order valence-electron chi connectivity index (χ3n) is 4.10. The lowest BCUT2D eigenvalue weighted by atomic mass is 9.67. The standard InChI is InChI=1S/C13H22F3NO2/c1-11(2,3)9-4-6-12(7-5-9,10(18)19)17-8-13(14,15)16/h9,17H,4-8H2,1-3H3,(H,18,19). The highest BCUT2D eigenvalue weighted by molar-refractivity contribution is 5.79. The Balaban J connectivity index is 2.70. The molecule has 1 saturated carbocycles. The molecule has 0 aliphatic heterocycles. The van der Waals surface area contributed by atoms with E-state index in [-0.39, 0.29) is 18.3 Å². The Morgan fingerprint density at radius 3 is 2.05 bits per heavy atom. The first-order chi connectivity index (χ1) is 8.46. The van der Waals surface area contributed by atoms with Crippen LogP contribution in [-0.2, 0) is 4.79 Å². The van der Waals surface area contributed by atoms with Gasteiger partial charge in [0.1, 0.15) is 5.54 Å². The second-order valence-corrected chi connectivity index (χ2v) is 6.50. The summed E-state index contributed by atoms with van der Waals surface area (Å²) < 4.78 is 36.8. The highest BCUT2D eigenvalue weighted by Gasteiger charge is 2.45. The van der Waals surface area contributed by atoms with Crippen LogP contribution in [0.5, 0.6) is 0 Å². The Kier molecular flexibility index (Phi) is 4.55. The fraction of sp³-hybridized carbons (Fsp3) is 0.923. The first kappa shape index (κ1) is 16.3. The monoisotopic (exact) mass is 281 g/mol. The second-order valence-electron chi connectivity index (χ2n) is 6.50. The van der Waals surface area contributed by atoms with Crippen molar-refractivity contribution in [3.63, 3.8) is 0 Å². The maximum atomic E-state index is 12.3. The summed E-state index contributed by atoms with van der Waals surface area (Å²) in [6, 6.07) is 0. The van der Waals surface area contributed by atoms with Gasteiger partial charge in [-0.25, -0.2) is 0 Å². The number of carboxylic acid groups (broad SMARTS) is 1. The number of nitrogens with one attached hydrogen (secondary N) is 1. The van der Waals surface area contributed by atoms with Crippen molar-refractivity contribution < 1.29 is 23.1 Å². The normalized spacial score (nSPS) is 29.3. The lowest BCUT2D eigenvalue weighted by Crippen LogP contribution is -2.57. The molecule has 3 nitrogen and oxygen atoms in total. The van der Waals surface area contributed by atoms with E-state index in [9.17, 15) is 23.1 Å². The zero-order valence-electron chi connectivity index (χ0n) is 11.6. The predicted molar refractivity (Wildman–Crippen MR) is 65.8 cm³/mol. The molecule has 0 saturated heterocycles. The molecule has 0 aromatic carbocycles. The fourth-order valence-corrected chi connectivity index (χ4v) is 2.71. The van der Waals surface area contributed by atoms with Gasteiger partial charge in [-0.1, -0.05) is 20.8 Å². The van der Waals surface area contributed by atoms with E-state index in [0.29, 0.717) is 18.8 Å². The molecule has 0 radical (unpaired) electrons. The van der Waals surface area contributed by atoms with Crippen LogP contribution < -0.4 is 5.32 Å². The largest absolute Gasteiger partial charge is 0.480 e. The molecule has 0 spiro atoms. The lowest BCUT2D eigenvalue weighted by molar-refractivity contribution is -0.153. The van der Waals surface area contributed by atoms with Gasteiger partial charge in [-0.3, -0.25) is 10.1 Å². The molecule has 0 aromatic heterocycles. The van der Waals surface area contributed by atoms with Crippen LogP contribution >= 0.6 is 0 Å². The Hall–Kier alpha value is -0.780. The summed E-state index contributed by atoms with van der Waals surface area (Å²) in [5.74, 6) is -0.822. The van der Waals surface area contributed by atoms with Crippen LogP contribution in [0.15, 0.2) is 0 Å². The molecule has 6 heteroatoms. The third kappa shape index (κ3) is 4.37. The smallest absolute Gasteiger partial charge is 0.401 e. The average Bonchev–Trinajstić information content (AvgIpc) is 2.24. The van der Waals surface area contributed by atoms with Gasteiger partial charge in [0.25, 0.3) is 0 Å². The molecule has 1 aliphatic carbocycles. The van der Waals surface area contributed by atoms with Crippen LogP contribution in [0, 0.1) is 11.3 Å². The SMILES string of the molecule is CC(C)(C)C1CCC(NCC(F)(F)F)(C(=O)O)CC1. The van der Waals surface area contributed by atoms with Gasteiger partial charge in [0.05, 0.1) is 6.54 Å². The van der Waals surface area contributed by atoms with E-state index in [1.54, 1.807) is 0 Å². The van der Waals surface area contributed by atoms with E-state index < -0.39 is 24.2 Å². The van der Waals surface area contributed by atoms with Crippen molar-refractivity contribution in [1.29, 1.82) is 0 Å². The van der Waals surface area contributed by atoms with Crippen molar-refractivity contribution >= 4 is 5.97 Å². The van der Waals surface area contributed by atoms with Gasteiger partial charge < -0.3 is 5.11 Å². The van der Waals surface area contributed by atoms with E-state index in [1.165, 1.54) is 0 Å². The number of alkyl halides is 3. The number of aliphatic carboxylic acids is 1. The topological polar surface area (TPSA) is 49.3 Å². The maximum Gasteiger partial charge on any atom is 0.401 e. The van der Waals surface area contributed by atoms with Gasteiger partial charge >= 0.3 is 12.1 Å².